The van der Waals surface area contributed by atoms with Crippen molar-refractivity contribution in [3.8, 4) is 0 Å². The van der Waals surface area contributed by atoms with E-state index in [4.69, 9.17) is 0 Å². The summed E-state index contributed by atoms with van der Waals surface area (Å²) in [5.41, 5.74) is 0. The van der Waals surface area contributed by atoms with Crippen LogP contribution < -0.4 is 21.3 Å². The Bertz CT molecular complexity index is 427. The molecule has 0 aliphatic rings. The molecule has 0 aromatic rings. The summed E-state index contributed by atoms with van der Waals surface area (Å²) in [6.45, 7) is 12.5. The number of hydrogen-bond acceptors (Lipinski definition) is 8. The van der Waals surface area contributed by atoms with Gasteiger partial charge in [0.25, 0.3) is 0 Å². The van der Waals surface area contributed by atoms with Crippen molar-refractivity contribution in [3.63, 3.8) is 0 Å². The Morgan fingerprint density at radius 1 is 0.405 bits per heavy atom. The maximum Gasteiger partial charge on any atom is 4.00 e. The molecule has 0 aliphatic carbocycles. The van der Waals surface area contributed by atoms with E-state index in [1.807, 2.05) is 0 Å². The molecule has 0 heterocycles. The van der Waals surface area contributed by atoms with E-state index in [0.717, 1.165) is 26.2 Å². The molecule has 218 valence electrons. The Hall–Kier alpha value is 1.13. The van der Waals surface area contributed by atoms with Crippen molar-refractivity contribution in [3.05, 3.63) is 0 Å². The molecule has 0 saturated carbocycles. The summed E-state index contributed by atoms with van der Waals surface area (Å²) in [7, 11) is 0. The summed E-state index contributed by atoms with van der Waals surface area (Å²) >= 11 is 37.2. The third-order valence-corrected chi connectivity index (χ3v) is 5.35. The van der Waals surface area contributed by atoms with Crippen LogP contribution in [0.3, 0.4) is 0 Å². The summed E-state index contributed by atoms with van der Waals surface area (Å²) in [5, 5.41) is 11.7. The minimum absolute atomic E-state index is 0. The Balaban J connectivity index is -0.000000122. The van der Waals surface area contributed by atoms with Gasteiger partial charge in [-0.3, -0.25) is 0 Å². The van der Waals surface area contributed by atoms with Gasteiger partial charge in [0, 0.05) is 26.2 Å². The number of hydrogen-bond donors (Lipinski definition) is 4. The van der Waals surface area contributed by atoms with Crippen LogP contribution in [0.15, 0.2) is 0 Å². The van der Waals surface area contributed by atoms with E-state index in [1.54, 1.807) is 0 Å². The molecule has 0 aliphatic heterocycles. The fourth-order valence-electron chi connectivity index (χ4n) is 2.26. The van der Waals surface area contributed by atoms with E-state index >= 15 is 0 Å². The third-order valence-electron chi connectivity index (χ3n) is 4.20. The first-order chi connectivity index (χ1) is 17.1. The normalized spacial score (nSPS) is 8.76. The molecule has 0 saturated heterocycles. The van der Waals surface area contributed by atoms with Crippen molar-refractivity contribution in [2.45, 2.75) is 105 Å². The van der Waals surface area contributed by atoms with E-state index in [0.29, 0.717) is 17.3 Å². The van der Waals surface area contributed by atoms with Gasteiger partial charge in [-0.1, -0.05) is 96.3 Å². The summed E-state index contributed by atoms with van der Waals surface area (Å²) in [5.74, 6) is 0. The van der Waals surface area contributed by atoms with Crippen LogP contribution in [0.2, 0.25) is 0 Å². The van der Waals surface area contributed by atoms with Crippen LogP contribution in [0.1, 0.15) is 105 Å². The van der Waals surface area contributed by atoms with E-state index in [1.165, 1.54) is 77.0 Å². The fraction of sp³-hybridized carbons (Fsp3) is 0.833. The van der Waals surface area contributed by atoms with Gasteiger partial charge in [0.2, 0.25) is 0 Å². The molecule has 0 atom stereocenters. The number of thiocarbonyl (C=S) groups is 4. The second-order valence-corrected chi connectivity index (χ2v) is 12.0. The standard InChI is InChI=1S/4C6H13NS2.Mo/c4*1-2-3-4-5-7-6(8)9;/h4*2-5H2,1H3,(H2,7,8,9);/q;;;;+4/p-4. The zero-order chi connectivity index (χ0) is 28.5. The quantitative estimate of drug-likeness (QED) is 0.0614. The average molecular weight is 745 g/mol. The molecule has 37 heavy (non-hydrogen) atoms. The van der Waals surface area contributed by atoms with Gasteiger partial charge in [-0.15, -0.1) is 0 Å². The molecule has 0 fully saturated rings. The van der Waals surface area contributed by atoms with Crippen LogP contribution in [0.25, 0.3) is 0 Å². The largest absolute Gasteiger partial charge is 4.00 e. The molecule has 13 heteroatoms. The van der Waals surface area contributed by atoms with Gasteiger partial charge < -0.3 is 121 Å². The van der Waals surface area contributed by atoms with Crippen molar-refractivity contribution in [2.75, 3.05) is 26.2 Å². The van der Waals surface area contributed by atoms with Gasteiger partial charge in [-0.25, -0.2) is 0 Å². The third kappa shape index (κ3) is 72.6. The van der Waals surface area contributed by atoms with Gasteiger partial charge in [0.15, 0.2) is 0 Å². The minimum Gasteiger partial charge on any atom is -0.412 e. The first-order valence-corrected chi connectivity index (χ1v) is 16.1. The average Bonchev–Trinajstić information content (AvgIpc) is 2.81. The molecule has 0 aromatic carbocycles. The summed E-state index contributed by atoms with van der Waals surface area (Å²) in [4.78, 5) is 0. The van der Waals surface area contributed by atoms with Crippen molar-refractivity contribution < 1.29 is 21.1 Å². The smallest absolute Gasteiger partial charge is 0.412 e. The summed E-state index contributed by atoms with van der Waals surface area (Å²) < 4.78 is 1.97. The van der Waals surface area contributed by atoms with Crippen LogP contribution in [-0.4, -0.2) is 43.5 Å². The maximum absolute atomic E-state index is 4.65. The Morgan fingerprint density at radius 3 is 0.676 bits per heavy atom. The first kappa shape index (κ1) is 47.9. The van der Waals surface area contributed by atoms with Crippen LogP contribution in [0, 0.1) is 0 Å². The molecule has 4 nitrogen and oxygen atoms in total. The van der Waals surface area contributed by atoms with Crippen molar-refractivity contribution >= 4 is 117 Å². The minimum atomic E-state index is 0. The van der Waals surface area contributed by atoms with Crippen molar-refractivity contribution in [2.24, 2.45) is 0 Å². The Kier molecular flexibility index (Phi) is 57.2. The maximum atomic E-state index is 4.65. The van der Waals surface area contributed by atoms with E-state index in [9.17, 15) is 0 Å². The molecule has 0 rings (SSSR count). The number of nitrogens with one attached hydrogen (secondary N) is 4. The van der Waals surface area contributed by atoms with Crippen LogP contribution in [0.5, 0.6) is 0 Å². The Labute approximate surface area is 287 Å². The molecular formula is C24H48MoN4S8. The van der Waals surface area contributed by atoms with E-state index in [-0.39, 0.29) is 21.1 Å². The summed E-state index contributed by atoms with van der Waals surface area (Å²) in [6.07, 6.45) is 14.7. The molecular weight excluding hydrogens is 697 g/mol. The Morgan fingerprint density at radius 2 is 0.568 bits per heavy atom. The van der Waals surface area contributed by atoms with Gasteiger partial charge in [0.05, 0.1) is 0 Å². The monoisotopic (exact) mass is 746 g/mol. The van der Waals surface area contributed by atoms with Crippen molar-refractivity contribution in [1.29, 1.82) is 0 Å². The number of unbranched alkanes of at least 4 members (excludes halogenated alkanes) is 8. The van der Waals surface area contributed by atoms with Crippen LogP contribution in [0.4, 0.5) is 0 Å². The molecule has 0 radical (unpaired) electrons. The van der Waals surface area contributed by atoms with E-state index < -0.39 is 0 Å². The summed E-state index contributed by atoms with van der Waals surface area (Å²) in [6, 6.07) is 0. The SMILES string of the molecule is CCCCCNC(=S)[S-].CCCCCNC(=S)[S-].CCCCCNC(=S)[S-].CCCCCNC(=S)[S-].[Mo+4]. The molecule has 0 spiro atoms. The van der Waals surface area contributed by atoms with Gasteiger partial charge in [-0.05, 0) is 25.7 Å². The number of rotatable bonds is 16. The van der Waals surface area contributed by atoms with Crippen LogP contribution >= 0.6 is 48.9 Å². The topological polar surface area (TPSA) is 48.1 Å². The molecule has 0 aromatic heterocycles. The predicted molar refractivity (Wildman–Crippen MR) is 190 cm³/mol. The zero-order valence-electron chi connectivity index (χ0n) is 23.0. The van der Waals surface area contributed by atoms with Crippen molar-refractivity contribution in [1.82, 2.24) is 21.3 Å². The van der Waals surface area contributed by atoms with Gasteiger partial charge >= 0.3 is 21.1 Å². The molecule has 4 N–H and O–H groups in total. The van der Waals surface area contributed by atoms with Crippen LogP contribution in [-0.2, 0) is 71.6 Å². The zero-order valence-corrected chi connectivity index (χ0v) is 31.5. The second kappa shape index (κ2) is 44.2. The molecule has 0 unspecified atom stereocenters. The fourth-order valence-corrected chi connectivity index (χ4v) is 3.08. The first-order valence-electron chi connectivity index (χ1n) is 12.9. The molecule has 0 bridgehead atoms. The second-order valence-electron chi connectivity index (χ2n) is 7.69. The molecule has 0 amide bonds. The van der Waals surface area contributed by atoms with Gasteiger partial charge in [-0.2, -0.15) is 0 Å². The van der Waals surface area contributed by atoms with E-state index in [2.05, 4.69) is 148 Å². The predicted octanol–water partition coefficient (Wildman–Crippen LogP) is 6.39. The van der Waals surface area contributed by atoms with Gasteiger partial charge in [0.1, 0.15) is 0 Å².